The smallest absolute Gasteiger partial charge is 0.257 e. The van der Waals surface area contributed by atoms with Crippen LogP contribution in [0.15, 0.2) is 66.7 Å². The van der Waals surface area contributed by atoms with Crippen molar-refractivity contribution in [3.63, 3.8) is 0 Å². The molecule has 0 spiro atoms. The highest BCUT2D eigenvalue weighted by Crippen LogP contribution is 2.30. The Balaban J connectivity index is 1.51. The number of hydrogen-bond acceptors (Lipinski definition) is 7. The Morgan fingerprint density at radius 1 is 0.868 bits per heavy atom. The second-order valence-corrected chi connectivity index (χ2v) is 8.73. The molecule has 0 aliphatic carbocycles. The number of para-hydroxylation sites is 3. The Kier molecular flexibility index (Phi) is 6.99. The topological polar surface area (TPSA) is 114 Å². The average molecular weight is 512 g/mol. The first kappa shape index (κ1) is 24.9. The van der Waals surface area contributed by atoms with Crippen molar-refractivity contribution in [1.29, 1.82) is 0 Å². The number of methoxy groups -OCH3 is 3. The van der Waals surface area contributed by atoms with Crippen molar-refractivity contribution in [2.75, 3.05) is 27.1 Å². The quantitative estimate of drug-likeness (QED) is 0.302. The fourth-order valence-electron chi connectivity index (χ4n) is 4.56. The summed E-state index contributed by atoms with van der Waals surface area (Å²) in [6, 6.07) is 20.9. The maximum absolute atomic E-state index is 13.5. The molecule has 3 N–H and O–H groups in total. The monoisotopic (exact) mass is 511 g/mol. The Bertz CT molecular complexity index is 1630. The summed E-state index contributed by atoms with van der Waals surface area (Å²) in [5.41, 5.74) is 11.3. The predicted molar refractivity (Wildman–Crippen MR) is 147 cm³/mol. The standard InChI is InChI=1S/C29H29N5O4/c1-36-22-11-7-4-8-19(22)17-31-29(35)25-26-28(33-21-10-6-5-9-20(21)32-26)34(27(25)30)15-14-18-12-13-23(37-2)24(16-18)38-3/h4-13,16H,14-15,17,30H2,1-3H3,(H,31,35). The first-order valence-electron chi connectivity index (χ1n) is 12.2. The number of nitrogen functional groups attached to an aromatic ring is 1. The van der Waals surface area contributed by atoms with Gasteiger partial charge in [-0.2, -0.15) is 0 Å². The van der Waals surface area contributed by atoms with Crippen molar-refractivity contribution in [2.24, 2.45) is 0 Å². The lowest BCUT2D eigenvalue weighted by Crippen LogP contribution is -2.24. The van der Waals surface area contributed by atoms with Gasteiger partial charge in [0.05, 0.1) is 32.4 Å². The number of benzene rings is 3. The molecule has 2 heterocycles. The molecule has 194 valence electrons. The molecule has 0 atom stereocenters. The predicted octanol–water partition coefficient (Wildman–Crippen LogP) is 4.37. The number of aryl methyl sites for hydroxylation is 2. The van der Waals surface area contributed by atoms with Crippen LogP contribution in [0.5, 0.6) is 17.2 Å². The van der Waals surface area contributed by atoms with Gasteiger partial charge < -0.3 is 29.8 Å². The molecule has 0 saturated carbocycles. The third-order valence-electron chi connectivity index (χ3n) is 6.52. The van der Waals surface area contributed by atoms with Crippen LogP contribution in [0.2, 0.25) is 0 Å². The number of nitrogens with two attached hydrogens (primary N) is 1. The van der Waals surface area contributed by atoms with E-state index >= 15 is 0 Å². The summed E-state index contributed by atoms with van der Waals surface area (Å²) in [4.78, 5) is 23.1. The lowest BCUT2D eigenvalue weighted by atomic mass is 10.1. The van der Waals surface area contributed by atoms with Gasteiger partial charge >= 0.3 is 0 Å². The summed E-state index contributed by atoms with van der Waals surface area (Å²) in [6.45, 7) is 0.770. The molecule has 9 heteroatoms. The second kappa shape index (κ2) is 10.7. The molecule has 0 aliphatic heterocycles. The van der Waals surface area contributed by atoms with Gasteiger partial charge in [-0.15, -0.1) is 0 Å². The second-order valence-electron chi connectivity index (χ2n) is 8.73. The van der Waals surface area contributed by atoms with Crippen molar-refractivity contribution in [3.05, 3.63) is 83.4 Å². The molecule has 5 rings (SSSR count). The van der Waals surface area contributed by atoms with E-state index in [0.29, 0.717) is 58.3 Å². The van der Waals surface area contributed by atoms with Crippen LogP contribution in [0.1, 0.15) is 21.5 Å². The summed E-state index contributed by atoms with van der Waals surface area (Å²) >= 11 is 0. The number of fused-ring (bicyclic) bond motifs is 2. The van der Waals surface area contributed by atoms with Crippen LogP contribution in [0.4, 0.5) is 5.82 Å². The lowest BCUT2D eigenvalue weighted by molar-refractivity contribution is 0.0953. The minimum absolute atomic E-state index is 0.279. The Labute approximate surface area is 220 Å². The van der Waals surface area contributed by atoms with Crippen LogP contribution in [0, 0.1) is 0 Å². The molecule has 38 heavy (non-hydrogen) atoms. The van der Waals surface area contributed by atoms with Gasteiger partial charge in [0.2, 0.25) is 0 Å². The summed E-state index contributed by atoms with van der Waals surface area (Å²) in [7, 11) is 4.81. The number of anilines is 1. The molecule has 0 unspecified atom stereocenters. The zero-order valence-electron chi connectivity index (χ0n) is 21.5. The first-order valence-corrected chi connectivity index (χ1v) is 12.2. The number of amides is 1. The van der Waals surface area contributed by atoms with E-state index in [2.05, 4.69) is 5.32 Å². The molecular formula is C29H29N5O4. The summed E-state index contributed by atoms with van der Waals surface area (Å²) in [5, 5.41) is 2.98. The van der Waals surface area contributed by atoms with Crippen LogP contribution in [0.3, 0.4) is 0 Å². The molecule has 2 aromatic heterocycles. The Morgan fingerprint density at radius 3 is 2.29 bits per heavy atom. The summed E-state index contributed by atoms with van der Waals surface area (Å²) in [5.74, 6) is 2.00. The van der Waals surface area contributed by atoms with Crippen LogP contribution >= 0.6 is 0 Å². The number of nitrogens with zero attached hydrogens (tertiary/aromatic N) is 3. The SMILES string of the molecule is COc1ccccc1CNC(=O)c1c(N)n(CCc2ccc(OC)c(OC)c2)c2nc3ccccc3nc12. The number of aromatic nitrogens is 3. The van der Waals surface area contributed by atoms with Crippen molar-refractivity contribution < 1.29 is 19.0 Å². The Morgan fingerprint density at radius 2 is 1.55 bits per heavy atom. The number of carbonyl (C=O) groups is 1. The van der Waals surface area contributed by atoms with E-state index in [-0.39, 0.29) is 12.5 Å². The van der Waals surface area contributed by atoms with Gasteiger partial charge in [-0.25, -0.2) is 9.97 Å². The van der Waals surface area contributed by atoms with Crippen molar-refractivity contribution in [2.45, 2.75) is 19.5 Å². The van der Waals surface area contributed by atoms with Crippen molar-refractivity contribution >= 4 is 33.9 Å². The first-order chi connectivity index (χ1) is 18.5. The van der Waals surface area contributed by atoms with E-state index in [1.54, 1.807) is 21.3 Å². The van der Waals surface area contributed by atoms with Gasteiger partial charge in [-0.05, 0) is 42.3 Å². The molecule has 0 fully saturated rings. The minimum atomic E-state index is -0.326. The van der Waals surface area contributed by atoms with Gasteiger partial charge in [0.1, 0.15) is 22.6 Å². The number of carbonyl (C=O) groups excluding carboxylic acids is 1. The van der Waals surface area contributed by atoms with Gasteiger partial charge in [-0.3, -0.25) is 4.79 Å². The summed E-state index contributed by atoms with van der Waals surface area (Å²) < 4.78 is 18.1. The van der Waals surface area contributed by atoms with E-state index in [9.17, 15) is 4.79 Å². The van der Waals surface area contributed by atoms with Gasteiger partial charge in [-0.1, -0.05) is 36.4 Å². The lowest BCUT2D eigenvalue weighted by Gasteiger charge is -2.11. The third kappa shape index (κ3) is 4.66. The van der Waals surface area contributed by atoms with Crippen LogP contribution in [0.25, 0.3) is 22.2 Å². The fraction of sp³-hybridized carbons (Fsp3) is 0.207. The van der Waals surface area contributed by atoms with E-state index in [4.69, 9.17) is 29.9 Å². The molecule has 0 aliphatic rings. The Hall–Kier alpha value is -4.79. The zero-order valence-corrected chi connectivity index (χ0v) is 21.5. The molecule has 9 nitrogen and oxygen atoms in total. The molecule has 0 saturated heterocycles. The maximum atomic E-state index is 13.5. The van der Waals surface area contributed by atoms with Crippen molar-refractivity contribution in [1.82, 2.24) is 19.9 Å². The maximum Gasteiger partial charge on any atom is 0.257 e. The van der Waals surface area contributed by atoms with Crippen LogP contribution < -0.4 is 25.3 Å². The van der Waals surface area contributed by atoms with E-state index in [1.807, 2.05) is 71.3 Å². The normalized spacial score (nSPS) is 11.0. The molecular weight excluding hydrogens is 482 g/mol. The zero-order chi connectivity index (χ0) is 26.6. The molecule has 0 bridgehead atoms. The number of rotatable bonds is 9. The third-order valence-corrected chi connectivity index (χ3v) is 6.52. The molecule has 5 aromatic rings. The number of nitrogens with one attached hydrogen (secondary N) is 1. The van der Waals surface area contributed by atoms with Crippen molar-refractivity contribution in [3.8, 4) is 17.2 Å². The fourth-order valence-corrected chi connectivity index (χ4v) is 4.56. The molecule has 3 aromatic carbocycles. The van der Waals surface area contributed by atoms with Gasteiger partial charge in [0, 0.05) is 18.7 Å². The van der Waals surface area contributed by atoms with Crippen LogP contribution in [-0.4, -0.2) is 41.8 Å². The molecule has 1 amide bonds. The highest BCUT2D eigenvalue weighted by Gasteiger charge is 2.24. The highest BCUT2D eigenvalue weighted by molar-refractivity contribution is 6.10. The van der Waals surface area contributed by atoms with E-state index in [1.165, 1.54) is 0 Å². The minimum Gasteiger partial charge on any atom is -0.496 e. The largest absolute Gasteiger partial charge is 0.496 e. The highest BCUT2D eigenvalue weighted by atomic mass is 16.5. The van der Waals surface area contributed by atoms with Crippen LogP contribution in [-0.2, 0) is 19.5 Å². The average Bonchev–Trinajstić information content (AvgIpc) is 3.23. The van der Waals surface area contributed by atoms with E-state index in [0.717, 1.165) is 16.6 Å². The van der Waals surface area contributed by atoms with Gasteiger partial charge in [0.15, 0.2) is 17.1 Å². The number of ether oxygens (including phenoxy) is 3. The summed E-state index contributed by atoms with van der Waals surface area (Å²) in [6.07, 6.45) is 0.630. The molecule has 0 radical (unpaired) electrons. The van der Waals surface area contributed by atoms with Gasteiger partial charge in [0.25, 0.3) is 5.91 Å². The number of hydrogen-bond donors (Lipinski definition) is 2. The van der Waals surface area contributed by atoms with E-state index < -0.39 is 0 Å².